The molecule has 4 nitrogen and oxygen atoms in total. The summed E-state index contributed by atoms with van der Waals surface area (Å²) >= 11 is 0. The summed E-state index contributed by atoms with van der Waals surface area (Å²) in [4.78, 5) is 0. The highest BCUT2D eigenvalue weighted by molar-refractivity contribution is 5.24. The lowest BCUT2D eigenvalue weighted by atomic mass is 9.41. The van der Waals surface area contributed by atoms with Gasteiger partial charge in [-0.1, -0.05) is 58.3 Å². The summed E-state index contributed by atoms with van der Waals surface area (Å²) in [6, 6.07) is 0. The summed E-state index contributed by atoms with van der Waals surface area (Å²) in [5, 5.41) is 21.0. The third-order valence-corrected chi connectivity index (χ3v) is 7.37. The van der Waals surface area contributed by atoms with Gasteiger partial charge in [-0.2, -0.15) is 0 Å². The zero-order valence-corrected chi connectivity index (χ0v) is 17.4. The molecule has 27 heavy (non-hydrogen) atoms. The van der Waals surface area contributed by atoms with Crippen molar-refractivity contribution in [1.29, 1.82) is 0 Å². The van der Waals surface area contributed by atoms with Gasteiger partial charge in [0.1, 0.15) is 6.10 Å². The van der Waals surface area contributed by atoms with E-state index in [1.54, 1.807) is 0 Å². The Bertz CT molecular complexity index is 544. The molecule has 2 saturated carbocycles. The fraction of sp³-hybridized carbons (Fsp3) is 0.913. The topological polar surface area (TPSA) is 58.9 Å². The Morgan fingerprint density at radius 1 is 1.11 bits per heavy atom. The molecule has 1 heterocycles. The van der Waals surface area contributed by atoms with Gasteiger partial charge in [0.25, 0.3) is 0 Å². The number of hydrogen-bond acceptors (Lipinski definition) is 4. The fourth-order valence-corrected chi connectivity index (χ4v) is 5.98. The quantitative estimate of drug-likeness (QED) is 0.521. The van der Waals surface area contributed by atoms with Gasteiger partial charge in [0.15, 0.2) is 5.79 Å². The fourth-order valence-electron chi connectivity index (χ4n) is 5.98. The van der Waals surface area contributed by atoms with Crippen LogP contribution in [-0.2, 0) is 9.47 Å². The molecule has 0 radical (unpaired) electrons. The molecule has 3 rings (SSSR count). The average Bonchev–Trinajstić information content (AvgIpc) is 3.17. The Balaban J connectivity index is 1.65. The maximum absolute atomic E-state index is 10.7. The van der Waals surface area contributed by atoms with E-state index in [-0.39, 0.29) is 23.2 Å². The zero-order chi connectivity index (χ0) is 19.5. The maximum atomic E-state index is 10.7. The second-order valence-corrected chi connectivity index (χ2v) is 8.96. The minimum Gasteiger partial charge on any atom is -0.392 e. The van der Waals surface area contributed by atoms with Crippen LogP contribution < -0.4 is 0 Å². The third-order valence-electron chi connectivity index (χ3n) is 7.37. The molecule has 3 fully saturated rings. The molecule has 1 unspecified atom stereocenters. The van der Waals surface area contributed by atoms with Crippen molar-refractivity contribution >= 4 is 0 Å². The van der Waals surface area contributed by atoms with Crippen LogP contribution in [0.2, 0.25) is 0 Å². The van der Waals surface area contributed by atoms with Gasteiger partial charge in [-0.15, -0.1) is 0 Å². The lowest BCUT2D eigenvalue weighted by molar-refractivity contribution is -0.384. The first-order chi connectivity index (χ1) is 13.0. The van der Waals surface area contributed by atoms with Gasteiger partial charge >= 0.3 is 0 Å². The van der Waals surface area contributed by atoms with Crippen molar-refractivity contribution in [2.75, 3.05) is 13.2 Å². The monoisotopic (exact) mass is 378 g/mol. The Kier molecular flexibility index (Phi) is 6.90. The van der Waals surface area contributed by atoms with E-state index in [0.717, 1.165) is 38.5 Å². The molecule has 1 aliphatic heterocycles. The van der Waals surface area contributed by atoms with Crippen LogP contribution in [0.5, 0.6) is 0 Å². The Morgan fingerprint density at radius 3 is 2.48 bits per heavy atom. The Hall–Kier alpha value is -0.600. The summed E-state index contributed by atoms with van der Waals surface area (Å²) in [6.07, 6.45) is 8.24. The predicted molar refractivity (Wildman–Crippen MR) is 106 cm³/mol. The molecule has 0 aromatic rings. The van der Waals surface area contributed by atoms with Gasteiger partial charge in [0.05, 0.1) is 25.2 Å². The van der Waals surface area contributed by atoms with E-state index in [4.69, 9.17) is 9.47 Å². The number of ether oxygens (including phenoxy) is 2. The van der Waals surface area contributed by atoms with Crippen LogP contribution in [0.1, 0.15) is 78.6 Å². The molecule has 2 N–H and O–H groups in total. The van der Waals surface area contributed by atoms with Crippen molar-refractivity contribution < 1.29 is 19.7 Å². The predicted octanol–water partition coefficient (Wildman–Crippen LogP) is 3.89. The molecule has 0 aromatic heterocycles. The molecule has 3 aliphatic rings. The molecule has 1 saturated heterocycles. The Morgan fingerprint density at radius 2 is 1.81 bits per heavy atom. The van der Waals surface area contributed by atoms with Crippen molar-refractivity contribution in [2.45, 2.75) is 96.6 Å². The summed E-state index contributed by atoms with van der Waals surface area (Å²) in [5.41, 5.74) is -0.0894. The highest BCUT2D eigenvalue weighted by Crippen LogP contribution is 2.70. The molecule has 154 valence electrons. The van der Waals surface area contributed by atoms with Gasteiger partial charge in [-0.3, -0.25) is 0 Å². The van der Waals surface area contributed by atoms with E-state index < -0.39 is 18.0 Å². The standard InChI is InChI=1S/C23H38O4/c1-4-6-7-8-9-10-17(24)11-12-18-20(25)13-14-22(3)21(18)19(5-2)23(22)26-15-16-27-23/h17-21,24-25H,4-10,13-16H2,1-3H3/t17-,18+,19?,20-,21+,22+/m0/s1. The average molecular weight is 379 g/mol. The second-order valence-electron chi connectivity index (χ2n) is 8.96. The molecular formula is C23H38O4. The lowest BCUT2D eigenvalue weighted by Gasteiger charge is -2.68. The summed E-state index contributed by atoms with van der Waals surface area (Å²) in [6.45, 7) is 7.95. The molecule has 0 bridgehead atoms. The first-order valence-electron chi connectivity index (χ1n) is 11.1. The number of aliphatic hydroxyl groups excluding tert-OH is 2. The van der Waals surface area contributed by atoms with E-state index in [1.807, 2.05) is 0 Å². The van der Waals surface area contributed by atoms with Gasteiger partial charge in [0.2, 0.25) is 0 Å². The zero-order valence-electron chi connectivity index (χ0n) is 17.4. The number of unbranched alkanes of at least 4 members (excludes halogenated alkanes) is 4. The third kappa shape index (κ3) is 3.69. The highest BCUT2D eigenvalue weighted by Gasteiger charge is 2.75. The largest absolute Gasteiger partial charge is 0.392 e. The van der Waals surface area contributed by atoms with E-state index >= 15 is 0 Å². The number of rotatable bonds is 7. The molecule has 4 heteroatoms. The van der Waals surface area contributed by atoms with Crippen LogP contribution in [0, 0.1) is 35.0 Å². The number of hydrogen-bond donors (Lipinski definition) is 2. The normalized spacial score (nSPS) is 38.0. The summed E-state index contributed by atoms with van der Waals surface area (Å²) in [5.74, 6) is 6.32. The Labute approximate surface area is 165 Å². The number of aliphatic hydroxyl groups is 2. The molecular weight excluding hydrogens is 340 g/mol. The SMILES string of the molecule is CCCCCCC[C@H](O)C#C[C@@H]1[C@@H](O)CC[C@]2(C)[C@H]1C(CC)C21OCCO1. The number of fused-ring (bicyclic) bond motifs is 2. The first kappa shape index (κ1) is 21.1. The van der Waals surface area contributed by atoms with Crippen molar-refractivity contribution in [3.05, 3.63) is 0 Å². The van der Waals surface area contributed by atoms with E-state index in [2.05, 4.69) is 32.6 Å². The van der Waals surface area contributed by atoms with Crippen LogP contribution in [0.25, 0.3) is 0 Å². The van der Waals surface area contributed by atoms with Gasteiger partial charge in [0, 0.05) is 11.3 Å². The van der Waals surface area contributed by atoms with Crippen LogP contribution >= 0.6 is 0 Å². The molecule has 0 amide bonds. The van der Waals surface area contributed by atoms with Crippen molar-refractivity contribution in [2.24, 2.45) is 23.2 Å². The highest BCUT2D eigenvalue weighted by atomic mass is 16.7. The summed E-state index contributed by atoms with van der Waals surface area (Å²) < 4.78 is 12.3. The van der Waals surface area contributed by atoms with Crippen molar-refractivity contribution in [1.82, 2.24) is 0 Å². The second kappa shape index (κ2) is 8.82. The molecule has 0 aromatic carbocycles. The van der Waals surface area contributed by atoms with Gasteiger partial charge in [-0.25, -0.2) is 0 Å². The maximum Gasteiger partial charge on any atom is 0.177 e. The van der Waals surface area contributed by atoms with Gasteiger partial charge in [-0.05, 0) is 38.0 Å². The van der Waals surface area contributed by atoms with Crippen LogP contribution in [0.3, 0.4) is 0 Å². The van der Waals surface area contributed by atoms with Crippen LogP contribution in [-0.4, -0.2) is 41.4 Å². The van der Waals surface area contributed by atoms with E-state index in [9.17, 15) is 10.2 Å². The van der Waals surface area contributed by atoms with Crippen LogP contribution in [0.4, 0.5) is 0 Å². The summed E-state index contributed by atoms with van der Waals surface area (Å²) in [7, 11) is 0. The van der Waals surface area contributed by atoms with E-state index in [0.29, 0.717) is 13.2 Å². The van der Waals surface area contributed by atoms with Crippen LogP contribution in [0.15, 0.2) is 0 Å². The first-order valence-corrected chi connectivity index (χ1v) is 11.1. The minimum atomic E-state index is -0.583. The van der Waals surface area contributed by atoms with Crippen molar-refractivity contribution in [3.8, 4) is 11.8 Å². The smallest absolute Gasteiger partial charge is 0.177 e. The van der Waals surface area contributed by atoms with Crippen molar-refractivity contribution in [3.63, 3.8) is 0 Å². The minimum absolute atomic E-state index is 0.0894. The molecule has 2 aliphatic carbocycles. The molecule has 1 spiro atoms. The lowest BCUT2D eigenvalue weighted by Crippen LogP contribution is -2.74. The molecule has 6 atom stereocenters. The van der Waals surface area contributed by atoms with Gasteiger partial charge < -0.3 is 19.7 Å². The van der Waals surface area contributed by atoms with E-state index in [1.165, 1.54) is 19.3 Å².